The Kier molecular flexibility index (Phi) is 4.61. The quantitative estimate of drug-likeness (QED) is 0.907. The van der Waals surface area contributed by atoms with Crippen molar-refractivity contribution in [2.24, 2.45) is 11.8 Å². The molecule has 0 bridgehead atoms. The molecule has 0 atom stereocenters. The highest BCUT2D eigenvalue weighted by atomic mass is 16.5. The standard InChI is InChI=1S/C15H24N2O2/c1-10(2)14-13(9-19-17-14)15(18)16-8-12-6-4-11(3)5-7-12/h9-12H,4-8H2,1-3H3,(H,16,18). The van der Waals surface area contributed by atoms with Crippen molar-refractivity contribution in [3.8, 4) is 0 Å². The van der Waals surface area contributed by atoms with E-state index < -0.39 is 0 Å². The summed E-state index contributed by atoms with van der Waals surface area (Å²) in [7, 11) is 0. The second kappa shape index (κ2) is 6.22. The number of carbonyl (C=O) groups excluding carboxylic acids is 1. The molecule has 0 unspecified atom stereocenters. The predicted octanol–water partition coefficient (Wildman–Crippen LogP) is 3.35. The largest absolute Gasteiger partial charge is 0.364 e. The lowest BCUT2D eigenvalue weighted by atomic mass is 9.83. The summed E-state index contributed by atoms with van der Waals surface area (Å²) >= 11 is 0. The lowest BCUT2D eigenvalue weighted by molar-refractivity contribution is 0.0940. The number of hydrogen-bond donors (Lipinski definition) is 1. The summed E-state index contributed by atoms with van der Waals surface area (Å²) in [6.45, 7) is 7.10. The molecule has 1 heterocycles. The zero-order chi connectivity index (χ0) is 13.8. The van der Waals surface area contributed by atoms with Crippen molar-refractivity contribution in [1.29, 1.82) is 0 Å². The van der Waals surface area contributed by atoms with Crippen LogP contribution in [0.4, 0.5) is 0 Å². The molecule has 1 amide bonds. The van der Waals surface area contributed by atoms with E-state index in [0.29, 0.717) is 11.5 Å². The average molecular weight is 264 g/mol. The Labute approximate surface area is 114 Å². The van der Waals surface area contributed by atoms with Crippen molar-refractivity contribution in [3.63, 3.8) is 0 Å². The van der Waals surface area contributed by atoms with Gasteiger partial charge in [0, 0.05) is 6.54 Å². The van der Waals surface area contributed by atoms with E-state index in [4.69, 9.17) is 4.52 Å². The average Bonchev–Trinajstić information content (AvgIpc) is 2.87. The van der Waals surface area contributed by atoms with E-state index >= 15 is 0 Å². The first-order valence-corrected chi connectivity index (χ1v) is 7.30. The van der Waals surface area contributed by atoms with Gasteiger partial charge in [-0.05, 0) is 30.6 Å². The number of amides is 1. The first-order valence-electron chi connectivity index (χ1n) is 7.30. The van der Waals surface area contributed by atoms with E-state index in [-0.39, 0.29) is 11.8 Å². The van der Waals surface area contributed by atoms with Gasteiger partial charge in [0.1, 0.15) is 11.8 Å². The van der Waals surface area contributed by atoms with Crippen LogP contribution >= 0.6 is 0 Å². The van der Waals surface area contributed by atoms with Crippen LogP contribution in [0, 0.1) is 11.8 Å². The molecule has 1 aliphatic rings. The summed E-state index contributed by atoms with van der Waals surface area (Å²) in [5, 5.41) is 6.93. The lowest BCUT2D eigenvalue weighted by Crippen LogP contribution is -2.31. The van der Waals surface area contributed by atoms with Crippen molar-refractivity contribution in [2.45, 2.75) is 52.4 Å². The maximum absolute atomic E-state index is 12.1. The van der Waals surface area contributed by atoms with Gasteiger partial charge in [-0.1, -0.05) is 38.8 Å². The zero-order valence-electron chi connectivity index (χ0n) is 12.1. The number of hydrogen-bond acceptors (Lipinski definition) is 3. The summed E-state index contributed by atoms with van der Waals surface area (Å²) in [6.07, 6.45) is 6.47. The zero-order valence-corrected chi connectivity index (χ0v) is 12.1. The fraction of sp³-hybridized carbons (Fsp3) is 0.733. The molecule has 1 aromatic heterocycles. The van der Waals surface area contributed by atoms with Gasteiger partial charge in [0.2, 0.25) is 0 Å². The molecule has 0 radical (unpaired) electrons. The van der Waals surface area contributed by atoms with Crippen LogP contribution in [0.2, 0.25) is 0 Å². The van der Waals surface area contributed by atoms with Crippen molar-refractivity contribution in [1.82, 2.24) is 10.5 Å². The van der Waals surface area contributed by atoms with E-state index in [2.05, 4.69) is 17.4 Å². The third-order valence-corrected chi connectivity index (χ3v) is 4.08. The highest BCUT2D eigenvalue weighted by Gasteiger charge is 2.21. The van der Waals surface area contributed by atoms with Crippen LogP contribution in [0.3, 0.4) is 0 Å². The molecule has 19 heavy (non-hydrogen) atoms. The normalized spacial score (nSPS) is 23.6. The Balaban J connectivity index is 1.86. The minimum atomic E-state index is -0.0522. The SMILES string of the molecule is CC1CCC(CNC(=O)c2conc2C(C)C)CC1. The number of carbonyl (C=O) groups is 1. The maximum atomic E-state index is 12.1. The molecular formula is C15H24N2O2. The fourth-order valence-electron chi connectivity index (χ4n) is 2.70. The van der Waals surface area contributed by atoms with E-state index in [1.165, 1.54) is 31.9 Å². The maximum Gasteiger partial charge on any atom is 0.256 e. The molecule has 1 aromatic rings. The first kappa shape index (κ1) is 14.1. The lowest BCUT2D eigenvalue weighted by Gasteiger charge is -2.26. The molecule has 0 spiro atoms. The first-order chi connectivity index (χ1) is 9.08. The number of nitrogens with zero attached hydrogens (tertiary/aromatic N) is 1. The highest BCUT2D eigenvalue weighted by molar-refractivity contribution is 5.95. The topological polar surface area (TPSA) is 55.1 Å². The second-order valence-electron chi connectivity index (χ2n) is 6.10. The number of rotatable bonds is 4. The molecule has 1 aliphatic carbocycles. The summed E-state index contributed by atoms with van der Waals surface area (Å²) in [5.74, 6) is 1.62. The molecular weight excluding hydrogens is 240 g/mol. The fourth-order valence-corrected chi connectivity index (χ4v) is 2.70. The number of nitrogens with one attached hydrogen (secondary N) is 1. The monoisotopic (exact) mass is 264 g/mol. The van der Waals surface area contributed by atoms with Crippen molar-refractivity contribution in [3.05, 3.63) is 17.5 Å². The van der Waals surface area contributed by atoms with E-state index in [1.807, 2.05) is 13.8 Å². The summed E-state index contributed by atoms with van der Waals surface area (Å²) in [6, 6.07) is 0. The molecule has 106 valence electrons. The molecule has 0 aliphatic heterocycles. The Morgan fingerprint density at radius 1 is 1.42 bits per heavy atom. The Morgan fingerprint density at radius 3 is 2.74 bits per heavy atom. The van der Waals surface area contributed by atoms with Crippen molar-refractivity contribution in [2.75, 3.05) is 6.54 Å². The minimum Gasteiger partial charge on any atom is -0.364 e. The summed E-state index contributed by atoms with van der Waals surface area (Å²) < 4.78 is 4.92. The van der Waals surface area contributed by atoms with Gasteiger partial charge in [0.15, 0.2) is 0 Å². The van der Waals surface area contributed by atoms with Crippen molar-refractivity contribution >= 4 is 5.91 Å². The smallest absolute Gasteiger partial charge is 0.256 e. The van der Waals surface area contributed by atoms with Crippen molar-refractivity contribution < 1.29 is 9.32 Å². The number of aromatic nitrogens is 1. The van der Waals surface area contributed by atoms with Crippen LogP contribution in [0.25, 0.3) is 0 Å². The second-order valence-corrected chi connectivity index (χ2v) is 6.10. The molecule has 0 aromatic carbocycles. The third-order valence-electron chi connectivity index (χ3n) is 4.08. The van der Waals surface area contributed by atoms with Gasteiger partial charge >= 0.3 is 0 Å². The van der Waals surface area contributed by atoms with Gasteiger partial charge in [0.25, 0.3) is 5.91 Å². The van der Waals surface area contributed by atoms with Crippen LogP contribution in [0.5, 0.6) is 0 Å². The Morgan fingerprint density at radius 2 is 2.11 bits per heavy atom. The summed E-state index contributed by atoms with van der Waals surface area (Å²) in [4.78, 5) is 12.1. The van der Waals surface area contributed by atoms with Crippen LogP contribution in [-0.4, -0.2) is 17.6 Å². The predicted molar refractivity (Wildman–Crippen MR) is 74.0 cm³/mol. The molecule has 4 nitrogen and oxygen atoms in total. The van der Waals surface area contributed by atoms with Gasteiger partial charge in [-0.3, -0.25) is 4.79 Å². The van der Waals surface area contributed by atoms with E-state index in [9.17, 15) is 4.79 Å². The Hall–Kier alpha value is -1.32. The molecule has 0 saturated heterocycles. The Bertz CT molecular complexity index is 418. The van der Waals surface area contributed by atoms with Gasteiger partial charge in [-0.15, -0.1) is 0 Å². The minimum absolute atomic E-state index is 0.0522. The van der Waals surface area contributed by atoms with Gasteiger partial charge in [-0.2, -0.15) is 0 Å². The van der Waals surface area contributed by atoms with Crippen LogP contribution in [0.15, 0.2) is 10.8 Å². The molecule has 4 heteroatoms. The van der Waals surface area contributed by atoms with Gasteiger partial charge in [-0.25, -0.2) is 0 Å². The molecule has 1 N–H and O–H groups in total. The van der Waals surface area contributed by atoms with Crippen LogP contribution in [-0.2, 0) is 0 Å². The molecule has 1 fully saturated rings. The highest BCUT2D eigenvalue weighted by Crippen LogP contribution is 2.27. The summed E-state index contributed by atoms with van der Waals surface area (Å²) in [5.41, 5.74) is 1.33. The van der Waals surface area contributed by atoms with Gasteiger partial charge < -0.3 is 9.84 Å². The van der Waals surface area contributed by atoms with E-state index in [0.717, 1.165) is 18.2 Å². The van der Waals surface area contributed by atoms with E-state index in [1.54, 1.807) is 0 Å². The molecule has 1 saturated carbocycles. The van der Waals surface area contributed by atoms with Gasteiger partial charge in [0.05, 0.1) is 5.69 Å². The van der Waals surface area contributed by atoms with Crippen LogP contribution in [0.1, 0.15) is 68.4 Å². The molecule has 2 rings (SSSR count). The third kappa shape index (κ3) is 3.58. The van der Waals surface area contributed by atoms with Crippen LogP contribution < -0.4 is 5.32 Å².